The molecule has 1 aliphatic rings. The van der Waals surface area contributed by atoms with E-state index in [9.17, 15) is 4.39 Å². The predicted octanol–water partition coefficient (Wildman–Crippen LogP) is 3.22. The number of halogens is 1. The highest BCUT2D eigenvalue weighted by molar-refractivity contribution is 5.27. The summed E-state index contributed by atoms with van der Waals surface area (Å²) in [5.41, 5.74) is 2.31. The number of hydrogen-bond acceptors (Lipinski definition) is 2. The molecule has 0 saturated heterocycles. The van der Waals surface area contributed by atoms with Gasteiger partial charge in [0.1, 0.15) is 5.82 Å². The summed E-state index contributed by atoms with van der Waals surface area (Å²) in [6.07, 6.45) is 5.53. The van der Waals surface area contributed by atoms with Crippen LogP contribution in [0.1, 0.15) is 36.8 Å². The van der Waals surface area contributed by atoms with E-state index >= 15 is 0 Å². The lowest BCUT2D eigenvalue weighted by Crippen LogP contribution is -2.45. The van der Waals surface area contributed by atoms with Gasteiger partial charge in [-0.3, -0.25) is 0 Å². The first-order valence-corrected chi connectivity index (χ1v) is 7.06. The summed E-state index contributed by atoms with van der Waals surface area (Å²) < 4.78 is 18.8. The average molecular weight is 265 g/mol. The topological polar surface area (TPSA) is 21.3 Å². The second-order valence-electron chi connectivity index (χ2n) is 5.71. The summed E-state index contributed by atoms with van der Waals surface area (Å²) in [6.45, 7) is 1.97. The fourth-order valence-corrected chi connectivity index (χ4v) is 2.94. The number of nitrogens with one attached hydrogen (secondary N) is 1. The molecule has 2 nitrogen and oxygen atoms in total. The SMILES string of the molecule is CNC(Cc1ccc(F)cc1C)CC1(OC)CCC1. The van der Waals surface area contributed by atoms with Crippen molar-refractivity contribution < 1.29 is 9.13 Å². The van der Waals surface area contributed by atoms with E-state index < -0.39 is 0 Å². The van der Waals surface area contributed by atoms with E-state index in [0.717, 1.165) is 31.2 Å². The Kier molecular flexibility index (Phi) is 4.58. The summed E-state index contributed by atoms with van der Waals surface area (Å²) in [5, 5.41) is 3.38. The van der Waals surface area contributed by atoms with Crippen molar-refractivity contribution in [2.75, 3.05) is 14.2 Å². The Bertz CT molecular complexity index is 423. The van der Waals surface area contributed by atoms with Crippen molar-refractivity contribution in [2.45, 2.75) is 50.7 Å². The van der Waals surface area contributed by atoms with Gasteiger partial charge < -0.3 is 10.1 Å². The first-order chi connectivity index (χ1) is 9.08. The minimum absolute atomic E-state index is 0.0710. The van der Waals surface area contributed by atoms with Gasteiger partial charge in [-0.05, 0) is 69.3 Å². The Morgan fingerprint density at radius 1 is 1.42 bits per heavy atom. The second-order valence-corrected chi connectivity index (χ2v) is 5.71. The van der Waals surface area contributed by atoms with Crippen molar-refractivity contribution in [1.29, 1.82) is 0 Å². The molecule has 1 aliphatic carbocycles. The number of hydrogen-bond donors (Lipinski definition) is 1. The van der Waals surface area contributed by atoms with Gasteiger partial charge in [-0.1, -0.05) is 6.07 Å². The molecular formula is C16H24FNO. The van der Waals surface area contributed by atoms with Gasteiger partial charge in [0.2, 0.25) is 0 Å². The fraction of sp³-hybridized carbons (Fsp3) is 0.625. The molecule has 1 aromatic carbocycles. The zero-order valence-electron chi connectivity index (χ0n) is 12.1. The summed E-state index contributed by atoms with van der Waals surface area (Å²) in [4.78, 5) is 0. The highest BCUT2D eigenvalue weighted by Crippen LogP contribution is 2.39. The molecule has 0 radical (unpaired) electrons. The van der Waals surface area contributed by atoms with E-state index in [4.69, 9.17) is 4.74 Å². The third kappa shape index (κ3) is 3.34. The largest absolute Gasteiger partial charge is 0.378 e. The summed E-state index contributed by atoms with van der Waals surface area (Å²) in [5.74, 6) is -0.158. The van der Waals surface area contributed by atoms with Gasteiger partial charge in [0.05, 0.1) is 5.60 Å². The van der Waals surface area contributed by atoms with Crippen molar-refractivity contribution in [3.05, 3.63) is 35.1 Å². The third-order valence-corrected chi connectivity index (χ3v) is 4.50. The molecule has 0 bridgehead atoms. The van der Waals surface area contributed by atoms with Gasteiger partial charge >= 0.3 is 0 Å². The predicted molar refractivity (Wildman–Crippen MR) is 75.9 cm³/mol. The van der Waals surface area contributed by atoms with Crippen LogP contribution in [0.5, 0.6) is 0 Å². The van der Waals surface area contributed by atoms with E-state index in [0.29, 0.717) is 6.04 Å². The molecule has 0 spiro atoms. The maximum atomic E-state index is 13.1. The average Bonchev–Trinajstić information content (AvgIpc) is 2.35. The highest BCUT2D eigenvalue weighted by Gasteiger charge is 2.38. The smallest absolute Gasteiger partial charge is 0.123 e. The number of aryl methyl sites for hydroxylation is 1. The minimum Gasteiger partial charge on any atom is -0.378 e. The molecule has 0 heterocycles. The maximum Gasteiger partial charge on any atom is 0.123 e. The summed E-state index contributed by atoms with van der Waals surface area (Å²) in [7, 11) is 3.81. The normalized spacial score (nSPS) is 18.9. The Hall–Kier alpha value is -0.930. The first-order valence-electron chi connectivity index (χ1n) is 7.06. The van der Waals surface area contributed by atoms with E-state index in [1.807, 2.05) is 27.1 Å². The Morgan fingerprint density at radius 3 is 2.63 bits per heavy atom. The molecule has 1 unspecified atom stereocenters. The molecule has 19 heavy (non-hydrogen) atoms. The van der Waals surface area contributed by atoms with Gasteiger partial charge in [-0.2, -0.15) is 0 Å². The van der Waals surface area contributed by atoms with Gasteiger partial charge in [0, 0.05) is 13.2 Å². The van der Waals surface area contributed by atoms with Gasteiger partial charge in [0.15, 0.2) is 0 Å². The molecule has 3 heteroatoms. The quantitative estimate of drug-likeness (QED) is 0.852. The minimum atomic E-state index is -0.158. The molecule has 1 aromatic rings. The van der Waals surface area contributed by atoms with Crippen molar-refractivity contribution in [1.82, 2.24) is 5.32 Å². The monoisotopic (exact) mass is 265 g/mol. The van der Waals surface area contributed by atoms with Crippen molar-refractivity contribution in [2.24, 2.45) is 0 Å². The van der Waals surface area contributed by atoms with Crippen LogP contribution in [0.2, 0.25) is 0 Å². The van der Waals surface area contributed by atoms with Crippen molar-refractivity contribution >= 4 is 0 Å². The molecule has 0 aliphatic heterocycles. The highest BCUT2D eigenvalue weighted by atomic mass is 19.1. The second kappa shape index (κ2) is 6.02. The van der Waals surface area contributed by atoms with Crippen LogP contribution in [0.4, 0.5) is 4.39 Å². The Labute approximate surface area is 115 Å². The van der Waals surface area contributed by atoms with Crippen LogP contribution < -0.4 is 5.32 Å². The van der Waals surface area contributed by atoms with Crippen molar-refractivity contribution in [3.8, 4) is 0 Å². The molecular weight excluding hydrogens is 241 g/mol. The van der Waals surface area contributed by atoms with Crippen LogP contribution in [0, 0.1) is 12.7 Å². The Morgan fingerprint density at radius 2 is 2.16 bits per heavy atom. The molecule has 1 fully saturated rings. The number of likely N-dealkylation sites (N-methyl/N-ethyl adjacent to an activating group) is 1. The van der Waals surface area contributed by atoms with Crippen LogP contribution in [0.15, 0.2) is 18.2 Å². The number of ether oxygens (including phenoxy) is 1. The molecule has 106 valence electrons. The summed E-state index contributed by atoms with van der Waals surface area (Å²) >= 11 is 0. The van der Waals surface area contributed by atoms with Gasteiger partial charge in [-0.25, -0.2) is 4.39 Å². The molecule has 1 N–H and O–H groups in total. The van der Waals surface area contributed by atoms with Gasteiger partial charge in [0.25, 0.3) is 0 Å². The standard InChI is InChI=1S/C16H24FNO/c1-12-9-14(17)6-5-13(12)10-15(18-2)11-16(19-3)7-4-8-16/h5-6,9,15,18H,4,7-8,10-11H2,1-3H3. The Balaban J connectivity index is 2.02. The fourth-order valence-electron chi connectivity index (χ4n) is 2.94. The molecule has 2 rings (SSSR count). The van der Waals surface area contributed by atoms with Crippen molar-refractivity contribution in [3.63, 3.8) is 0 Å². The third-order valence-electron chi connectivity index (χ3n) is 4.50. The number of methoxy groups -OCH3 is 1. The lowest BCUT2D eigenvalue weighted by atomic mass is 9.75. The molecule has 0 amide bonds. The van der Waals surface area contributed by atoms with Gasteiger partial charge in [-0.15, -0.1) is 0 Å². The van der Waals surface area contributed by atoms with E-state index in [2.05, 4.69) is 5.32 Å². The van der Waals surface area contributed by atoms with Crippen LogP contribution in [-0.2, 0) is 11.2 Å². The number of rotatable bonds is 6. The molecule has 1 saturated carbocycles. The lowest BCUT2D eigenvalue weighted by molar-refractivity contribution is -0.0830. The van der Waals surface area contributed by atoms with Crippen LogP contribution in [0.25, 0.3) is 0 Å². The van der Waals surface area contributed by atoms with Crippen LogP contribution in [-0.4, -0.2) is 25.8 Å². The zero-order chi connectivity index (χ0) is 13.9. The summed E-state index contributed by atoms with van der Waals surface area (Å²) in [6, 6.07) is 5.43. The van der Waals surface area contributed by atoms with E-state index in [1.54, 1.807) is 12.1 Å². The van der Waals surface area contributed by atoms with Crippen LogP contribution >= 0.6 is 0 Å². The van der Waals surface area contributed by atoms with E-state index in [1.165, 1.54) is 12.0 Å². The molecule has 1 atom stereocenters. The zero-order valence-corrected chi connectivity index (χ0v) is 12.1. The van der Waals surface area contributed by atoms with Crippen LogP contribution in [0.3, 0.4) is 0 Å². The first kappa shape index (κ1) is 14.5. The maximum absolute atomic E-state index is 13.1. The lowest BCUT2D eigenvalue weighted by Gasteiger charge is -2.43. The number of benzene rings is 1. The molecule has 0 aromatic heterocycles. The van der Waals surface area contributed by atoms with E-state index in [-0.39, 0.29) is 11.4 Å².